The molecule has 0 amide bonds. The molecular weight excluding hydrogens is 745 g/mol. The lowest BCUT2D eigenvalue weighted by molar-refractivity contribution is -0.161. The topological polar surface area (TPSA) is 172 Å². The summed E-state index contributed by atoms with van der Waals surface area (Å²) in [5, 5.41) is 8.89. The molecule has 0 saturated carbocycles. The molecule has 334 valence electrons. The van der Waals surface area contributed by atoms with Gasteiger partial charge in [0.1, 0.15) is 12.6 Å². The number of carbonyl (C=O) groups is 3. The highest BCUT2D eigenvalue weighted by Crippen LogP contribution is 2.43. The third-order valence-corrected chi connectivity index (χ3v) is 10.9. The van der Waals surface area contributed by atoms with Crippen LogP contribution in [-0.2, 0) is 37.5 Å². The lowest BCUT2D eigenvalue weighted by atomic mass is 10.0. The van der Waals surface area contributed by atoms with Gasteiger partial charge in [-0.25, -0.2) is 4.57 Å². The fraction of sp³-hybridized carbons (Fsp3) is 0.844. The van der Waals surface area contributed by atoms with Gasteiger partial charge in [-0.3, -0.25) is 23.4 Å². The van der Waals surface area contributed by atoms with Gasteiger partial charge in [0.05, 0.1) is 13.2 Å². The predicted octanol–water partition coefficient (Wildman–Crippen LogP) is 12.2. The molecule has 0 radical (unpaired) electrons. The Kier molecular flexibility index (Phi) is 39.3. The van der Waals surface area contributed by atoms with Crippen molar-refractivity contribution in [3.05, 3.63) is 24.3 Å². The van der Waals surface area contributed by atoms with Crippen molar-refractivity contribution in [2.45, 2.75) is 225 Å². The van der Waals surface area contributed by atoms with Gasteiger partial charge in [0.2, 0.25) is 0 Å². The van der Waals surface area contributed by atoms with E-state index in [1.165, 1.54) is 103 Å². The molecule has 12 heteroatoms. The number of carboxylic acid groups (broad SMARTS) is 1. The number of phosphoric ester groups is 1. The van der Waals surface area contributed by atoms with Gasteiger partial charge < -0.3 is 25.2 Å². The van der Waals surface area contributed by atoms with Crippen molar-refractivity contribution in [3.63, 3.8) is 0 Å². The van der Waals surface area contributed by atoms with E-state index in [9.17, 15) is 23.8 Å². The molecule has 0 heterocycles. The fourth-order valence-corrected chi connectivity index (χ4v) is 7.12. The number of esters is 2. The van der Waals surface area contributed by atoms with E-state index in [4.69, 9.17) is 24.8 Å². The van der Waals surface area contributed by atoms with Gasteiger partial charge in [0.15, 0.2) is 6.10 Å². The van der Waals surface area contributed by atoms with E-state index in [1.807, 2.05) is 0 Å². The van der Waals surface area contributed by atoms with E-state index >= 15 is 0 Å². The van der Waals surface area contributed by atoms with Gasteiger partial charge in [-0.1, -0.05) is 186 Å². The second kappa shape index (κ2) is 40.7. The van der Waals surface area contributed by atoms with Crippen molar-refractivity contribution in [1.29, 1.82) is 0 Å². The van der Waals surface area contributed by atoms with Gasteiger partial charge >= 0.3 is 25.7 Å². The van der Waals surface area contributed by atoms with Gasteiger partial charge in [-0.05, 0) is 38.5 Å². The lowest BCUT2D eigenvalue weighted by Gasteiger charge is -2.20. The molecule has 0 aliphatic carbocycles. The van der Waals surface area contributed by atoms with Crippen LogP contribution in [0, 0.1) is 0 Å². The quantitative estimate of drug-likeness (QED) is 0.0231. The maximum Gasteiger partial charge on any atom is 0.472 e. The Balaban J connectivity index is 4.25. The molecule has 3 atom stereocenters. The van der Waals surface area contributed by atoms with E-state index in [0.717, 1.165) is 70.6 Å². The SMILES string of the molecule is CCC/C=C\C/C=C\CCCCCCCC(=O)OC(COC(=O)CCCCCCCCCCCCCCCCCCCCCC)COP(=O)(O)OCC(N)C(=O)O. The Morgan fingerprint density at radius 1 is 0.544 bits per heavy atom. The Morgan fingerprint density at radius 3 is 1.44 bits per heavy atom. The molecule has 0 fully saturated rings. The summed E-state index contributed by atoms with van der Waals surface area (Å²) in [6.45, 7) is 2.75. The number of aliphatic carboxylic acids is 1. The number of rotatable bonds is 43. The van der Waals surface area contributed by atoms with Crippen LogP contribution in [-0.4, -0.2) is 59.9 Å². The minimum absolute atomic E-state index is 0.147. The average molecular weight is 830 g/mol. The summed E-state index contributed by atoms with van der Waals surface area (Å²) in [6.07, 6.45) is 42.5. The zero-order chi connectivity index (χ0) is 42.1. The molecule has 0 aromatic heterocycles. The largest absolute Gasteiger partial charge is 0.480 e. The second-order valence-electron chi connectivity index (χ2n) is 15.5. The molecule has 11 nitrogen and oxygen atoms in total. The average Bonchev–Trinajstić information content (AvgIpc) is 3.19. The number of ether oxygens (including phenoxy) is 2. The minimum Gasteiger partial charge on any atom is -0.480 e. The first kappa shape index (κ1) is 55.0. The number of phosphoric acid groups is 1. The molecule has 0 rings (SSSR count). The van der Waals surface area contributed by atoms with Crippen molar-refractivity contribution >= 4 is 25.7 Å². The van der Waals surface area contributed by atoms with Crippen molar-refractivity contribution in [2.24, 2.45) is 5.73 Å². The number of allylic oxidation sites excluding steroid dienone is 4. The van der Waals surface area contributed by atoms with E-state index < -0.39 is 51.1 Å². The molecule has 0 aliphatic heterocycles. The standard InChI is InChI=1S/C45H84NO10P/c1-3-5-7-9-11-13-15-17-18-19-20-21-22-23-25-26-28-30-32-34-36-43(47)53-38-41(39-54-57(51,52)55-40-42(46)45(49)50)56-44(48)37-35-33-31-29-27-24-16-14-12-10-8-6-4-2/h8,10,14,16,41-42H,3-7,9,11-13,15,17-40,46H2,1-2H3,(H,49,50)(H,51,52)/b10-8-,16-14-. The molecule has 3 unspecified atom stereocenters. The first-order valence-electron chi connectivity index (χ1n) is 22.9. The van der Waals surface area contributed by atoms with Crippen LogP contribution < -0.4 is 5.73 Å². The summed E-state index contributed by atoms with van der Waals surface area (Å²) in [4.78, 5) is 46.0. The van der Waals surface area contributed by atoms with Crippen LogP contribution in [0.4, 0.5) is 0 Å². The van der Waals surface area contributed by atoms with Gasteiger partial charge in [-0.2, -0.15) is 0 Å². The molecule has 4 N–H and O–H groups in total. The molecule has 0 spiro atoms. The van der Waals surface area contributed by atoms with Crippen molar-refractivity contribution in [2.75, 3.05) is 19.8 Å². The number of hydrogen-bond donors (Lipinski definition) is 3. The number of hydrogen-bond acceptors (Lipinski definition) is 9. The van der Waals surface area contributed by atoms with E-state index in [0.29, 0.717) is 12.8 Å². The Morgan fingerprint density at radius 2 is 0.965 bits per heavy atom. The summed E-state index contributed by atoms with van der Waals surface area (Å²) < 4.78 is 32.7. The van der Waals surface area contributed by atoms with Crippen LogP contribution in [0.25, 0.3) is 0 Å². The van der Waals surface area contributed by atoms with E-state index in [2.05, 4.69) is 42.7 Å². The van der Waals surface area contributed by atoms with Gasteiger partial charge in [0, 0.05) is 12.8 Å². The molecule has 0 aliphatic rings. The summed E-state index contributed by atoms with van der Waals surface area (Å²) in [7, 11) is -4.72. The number of unbranched alkanes of at least 4 members (excludes halogenated alkanes) is 25. The molecule has 57 heavy (non-hydrogen) atoms. The highest BCUT2D eigenvalue weighted by Gasteiger charge is 2.28. The van der Waals surface area contributed by atoms with E-state index in [-0.39, 0.29) is 19.4 Å². The van der Waals surface area contributed by atoms with Crippen LogP contribution in [0.2, 0.25) is 0 Å². The molecule has 0 saturated heterocycles. The summed E-state index contributed by atoms with van der Waals surface area (Å²) in [5.41, 5.74) is 5.33. The first-order chi connectivity index (χ1) is 27.6. The fourth-order valence-electron chi connectivity index (χ4n) is 6.34. The normalized spacial score (nSPS) is 13.9. The Labute approximate surface area is 347 Å². The zero-order valence-electron chi connectivity index (χ0n) is 36.2. The van der Waals surface area contributed by atoms with Crippen LogP contribution in [0.5, 0.6) is 0 Å². The number of nitrogens with two attached hydrogens (primary N) is 1. The van der Waals surface area contributed by atoms with Gasteiger partial charge in [0.25, 0.3) is 0 Å². The Bertz CT molecular complexity index is 1070. The minimum atomic E-state index is -4.72. The highest BCUT2D eigenvalue weighted by molar-refractivity contribution is 7.47. The summed E-state index contributed by atoms with van der Waals surface area (Å²) in [6, 6.07) is -1.52. The van der Waals surface area contributed by atoms with Crippen molar-refractivity contribution in [1.82, 2.24) is 0 Å². The monoisotopic (exact) mass is 830 g/mol. The molecule has 0 aromatic carbocycles. The third-order valence-electron chi connectivity index (χ3n) is 9.93. The van der Waals surface area contributed by atoms with Crippen molar-refractivity contribution < 1.29 is 47.5 Å². The van der Waals surface area contributed by atoms with Crippen LogP contribution >= 0.6 is 7.82 Å². The van der Waals surface area contributed by atoms with E-state index in [1.54, 1.807) is 0 Å². The van der Waals surface area contributed by atoms with Crippen LogP contribution in [0.15, 0.2) is 24.3 Å². The zero-order valence-corrected chi connectivity index (χ0v) is 37.1. The lowest BCUT2D eigenvalue weighted by Crippen LogP contribution is -2.34. The maximum atomic E-state index is 12.6. The first-order valence-corrected chi connectivity index (χ1v) is 24.4. The van der Waals surface area contributed by atoms with Gasteiger partial charge in [-0.15, -0.1) is 0 Å². The number of carboxylic acids is 1. The third kappa shape index (κ3) is 40.5. The smallest absolute Gasteiger partial charge is 0.472 e. The predicted molar refractivity (Wildman–Crippen MR) is 231 cm³/mol. The number of carbonyl (C=O) groups excluding carboxylic acids is 2. The maximum absolute atomic E-state index is 12.6. The Hall–Kier alpha value is -2.04. The van der Waals surface area contributed by atoms with Crippen molar-refractivity contribution in [3.8, 4) is 0 Å². The van der Waals surface area contributed by atoms with Crippen LogP contribution in [0.1, 0.15) is 213 Å². The second-order valence-corrected chi connectivity index (χ2v) is 17.0. The molecular formula is C45H84NO10P. The molecule has 0 bridgehead atoms. The van der Waals surface area contributed by atoms with Crippen LogP contribution in [0.3, 0.4) is 0 Å². The highest BCUT2D eigenvalue weighted by atomic mass is 31.2. The summed E-state index contributed by atoms with van der Waals surface area (Å²) in [5.74, 6) is -2.39. The summed E-state index contributed by atoms with van der Waals surface area (Å²) >= 11 is 0. The molecule has 0 aromatic rings.